The summed E-state index contributed by atoms with van der Waals surface area (Å²) in [5.41, 5.74) is 0.731. The van der Waals surface area contributed by atoms with Gasteiger partial charge in [-0.3, -0.25) is 4.79 Å². The second-order valence-electron chi connectivity index (χ2n) is 6.06. The fourth-order valence-corrected chi connectivity index (χ4v) is 3.26. The van der Waals surface area contributed by atoms with Gasteiger partial charge in [-0.1, -0.05) is 43.0 Å². The van der Waals surface area contributed by atoms with Crippen LogP contribution in [0.15, 0.2) is 60.7 Å². The van der Waals surface area contributed by atoms with E-state index in [0.717, 1.165) is 0 Å². The summed E-state index contributed by atoms with van der Waals surface area (Å²) in [7, 11) is 0. The number of benzene rings is 2. The highest BCUT2D eigenvalue weighted by atomic mass is 19.3. The van der Waals surface area contributed by atoms with E-state index < -0.39 is 29.4 Å². The van der Waals surface area contributed by atoms with Crippen molar-refractivity contribution in [3.05, 3.63) is 83.2 Å². The van der Waals surface area contributed by atoms with Crippen LogP contribution < -0.4 is 0 Å². The maximum absolute atomic E-state index is 14.9. The maximum atomic E-state index is 14.9. The number of hydrogen-bond donors (Lipinski definition) is 0. The number of alkyl halides is 2. The van der Waals surface area contributed by atoms with Crippen LogP contribution >= 0.6 is 0 Å². The minimum Gasteiger partial charge on any atom is -0.336 e. The Labute approximate surface area is 141 Å². The highest BCUT2D eigenvalue weighted by Gasteiger charge is 2.70. The molecule has 4 rings (SSSR count). The van der Waals surface area contributed by atoms with Crippen LogP contribution in [0.25, 0.3) is 0 Å². The van der Waals surface area contributed by atoms with Gasteiger partial charge >= 0.3 is 5.92 Å². The summed E-state index contributed by atoms with van der Waals surface area (Å²) in [6.07, 6.45) is -0.945. The maximum Gasteiger partial charge on any atom is 0.366 e. The number of Topliss-reactive ketones (excluding diaryl/α,β-unsaturated/α-hetero) is 1. The topological polar surface area (TPSA) is 35.5 Å². The van der Waals surface area contributed by atoms with E-state index in [1.54, 1.807) is 0 Å². The molecule has 25 heavy (non-hydrogen) atoms. The predicted octanol–water partition coefficient (Wildman–Crippen LogP) is 4.15. The molecule has 0 aromatic heterocycles. The lowest BCUT2D eigenvalue weighted by atomic mass is 9.98. The van der Waals surface area contributed by atoms with Gasteiger partial charge in [0.15, 0.2) is 0 Å². The Morgan fingerprint density at radius 3 is 2.48 bits per heavy atom. The number of halogens is 3. The first-order chi connectivity index (χ1) is 11.9. The zero-order chi connectivity index (χ0) is 17.8. The molecule has 1 aliphatic carbocycles. The first kappa shape index (κ1) is 16.1. The number of ether oxygens (including phenoxy) is 2. The van der Waals surface area contributed by atoms with Crippen molar-refractivity contribution in [3.63, 3.8) is 0 Å². The molecule has 2 unspecified atom stereocenters. The largest absolute Gasteiger partial charge is 0.366 e. The van der Waals surface area contributed by atoms with Gasteiger partial charge in [0.05, 0.1) is 6.61 Å². The van der Waals surface area contributed by atoms with Crippen LogP contribution in [-0.4, -0.2) is 18.3 Å². The molecule has 0 amide bonds. The second kappa shape index (κ2) is 5.28. The molecule has 2 atom stereocenters. The van der Waals surface area contributed by atoms with Crippen molar-refractivity contribution in [1.82, 2.24) is 0 Å². The fourth-order valence-electron chi connectivity index (χ4n) is 3.26. The molecule has 128 valence electrons. The quantitative estimate of drug-likeness (QED) is 0.728. The van der Waals surface area contributed by atoms with Crippen molar-refractivity contribution in [2.45, 2.75) is 17.8 Å². The van der Waals surface area contributed by atoms with Gasteiger partial charge in [-0.25, -0.2) is 4.39 Å². The molecule has 3 nitrogen and oxygen atoms in total. The zero-order valence-corrected chi connectivity index (χ0v) is 13.0. The normalized spacial score (nSPS) is 27.6. The summed E-state index contributed by atoms with van der Waals surface area (Å²) in [6, 6.07) is 11.0. The van der Waals surface area contributed by atoms with Crippen LogP contribution in [0.2, 0.25) is 0 Å². The van der Waals surface area contributed by atoms with Crippen molar-refractivity contribution in [3.8, 4) is 0 Å². The lowest BCUT2D eigenvalue weighted by Crippen LogP contribution is -2.52. The molecular weight excluding hydrogens is 333 g/mol. The number of ketones is 1. The van der Waals surface area contributed by atoms with Crippen LogP contribution in [0, 0.1) is 5.82 Å². The molecule has 0 radical (unpaired) electrons. The summed E-state index contributed by atoms with van der Waals surface area (Å²) in [5, 5.41) is 0. The van der Waals surface area contributed by atoms with Crippen molar-refractivity contribution >= 4 is 5.78 Å². The van der Waals surface area contributed by atoms with Gasteiger partial charge < -0.3 is 9.47 Å². The van der Waals surface area contributed by atoms with Crippen LogP contribution in [0.4, 0.5) is 13.2 Å². The van der Waals surface area contributed by atoms with Crippen molar-refractivity contribution in [2.24, 2.45) is 0 Å². The van der Waals surface area contributed by atoms with E-state index in [2.05, 4.69) is 6.58 Å². The van der Waals surface area contributed by atoms with E-state index in [0.29, 0.717) is 11.1 Å². The van der Waals surface area contributed by atoms with E-state index in [1.165, 1.54) is 48.5 Å². The summed E-state index contributed by atoms with van der Waals surface area (Å²) in [5.74, 6) is -8.19. The van der Waals surface area contributed by atoms with Crippen molar-refractivity contribution < 1.29 is 27.4 Å². The van der Waals surface area contributed by atoms with Gasteiger partial charge in [0.25, 0.3) is 5.79 Å². The Morgan fingerprint density at radius 1 is 1.08 bits per heavy atom. The summed E-state index contributed by atoms with van der Waals surface area (Å²) < 4.78 is 53.9. The van der Waals surface area contributed by atoms with E-state index in [9.17, 15) is 18.0 Å². The lowest BCUT2D eigenvalue weighted by molar-refractivity contribution is -0.352. The standard InChI is InChI=1S/C19H13F3O3/c1-11-10-24-19(25-16(11)12-6-8-13(20)9-7-12)15-5-3-2-4-14(15)17(23)18(19,21)22/h2-9,16H,1,10H2. The Balaban J connectivity index is 1.83. The molecule has 2 aliphatic rings. The van der Waals surface area contributed by atoms with Crippen LogP contribution in [0.3, 0.4) is 0 Å². The monoisotopic (exact) mass is 346 g/mol. The van der Waals surface area contributed by atoms with Gasteiger partial charge in [0.1, 0.15) is 11.9 Å². The fraction of sp³-hybridized carbons (Fsp3) is 0.211. The molecule has 0 N–H and O–H groups in total. The molecule has 6 heteroatoms. The average Bonchev–Trinajstić information content (AvgIpc) is 2.77. The molecule has 1 fully saturated rings. The molecule has 1 heterocycles. The predicted molar refractivity (Wildman–Crippen MR) is 82.7 cm³/mol. The number of rotatable bonds is 1. The van der Waals surface area contributed by atoms with Gasteiger partial charge in [0.2, 0.25) is 5.78 Å². The van der Waals surface area contributed by atoms with E-state index in [1.807, 2.05) is 0 Å². The summed E-state index contributed by atoms with van der Waals surface area (Å²) in [6.45, 7) is 3.59. The Morgan fingerprint density at radius 2 is 1.76 bits per heavy atom. The Bertz CT molecular complexity index is 876. The minimum absolute atomic E-state index is 0.00962. The number of fused-ring (bicyclic) bond motifs is 2. The average molecular weight is 346 g/mol. The summed E-state index contributed by atoms with van der Waals surface area (Å²) in [4.78, 5) is 12.2. The minimum atomic E-state index is -3.88. The smallest absolute Gasteiger partial charge is 0.336 e. The molecular formula is C19H13F3O3. The molecule has 2 aromatic carbocycles. The third-order valence-electron chi connectivity index (χ3n) is 4.51. The SMILES string of the molecule is C=C1COC2(OC1c1ccc(F)cc1)c1ccccc1C(=O)C2(F)F. The highest BCUT2D eigenvalue weighted by molar-refractivity contribution is 6.07. The molecule has 1 spiro atoms. The Kier molecular flexibility index (Phi) is 3.39. The third-order valence-corrected chi connectivity index (χ3v) is 4.51. The van der Waals surface area contributed by atoms with E-state index in [-0.39, 0.29) is 17.7 Å². The van der Waals surface area contributed by atoms with Gasteiger partial charge in [0, 0.05) is 11.1 Å². The first-order valence-corrected chi connectivity index (χ1v) is 7.64. The number of carbonyl (C=O) groups is 1. The van der Waals surface area contributed by atoms with Crippen LogP contribution in [0.1, 0.15) is 27.6 Å². The van der Waals surface area contributed by atoms with Gasteiger partial charge in [-0.05, 0) is 23.3 Å². The lowest BCUT2D eigenvalue weighted by Gasteiger charge is -2.42. The van der Waals surface area contributed by atoms with Gasteiger partial charge in [-0.15, -0.1) is 0 Å². The molecule has 1 saturated heterocycles. The molecule has 2 aromatic rings. The second-order valence-corrected chi connectivity index (χ2v) is 6.06. The number of hydrogen-bond acceptors (Lipinski definition) is 3. The van der Waals surface area contributed by atoms with E-state index in [4.69, 9.17) is 9.47 Å². The Hall–Kier alpha value is -2.44. The molecule has 1 aliphatic heterocycles. The zero-order valence-electron chi connectivity index (χ0n) is 13.0. The molecule has 0 bridgehead atoms. The van der Waals surface area contributed by atoms with E-state index >= 15 is 0 Å². The highest BCUT2D eigenvalue weighted by Crippen LogP contribution is 2.55. The first-order valence-electron chi connectivity index (χ1n) is 7.64. The van der Waals surface area contributed by atoms with Crippen molar-refractivity contribution in [1.29, 1.82) is 0 Å². The third kappa shape index (κ3) is 2.11. The molecule has 0 saturated carbocycles. The van der Waals surface area contributed by atoms with Gasteiger partial charge in [-0.2, -0.15) is 8.78 Å². The summed E-state index contributed by atoms with van der Waals surface area (Å²) >= 11 is 0. The van der Waals surface area contributed by atoms with Crippen LogP contribution in [0.5, 0.6) is 0 Å². The van der Waals surface area contributed by atoms with Crippen molar-refractivity contribution in [2.75, 3.05) is 6.61 Å². The number of carbonyl (C=O) groups excluding carboxylic acids is 1. The van der Waals surface area contributed by atoms with Crippen LogP contribution in [-0.2, 0) is 15.3 Å².